The first kappa shape index (κ1) is 20.7. The fourth-order valence-electron chi connectivity index (χ4n) is 4.54. The number of carbonyl (C=O) groups excluding carboxylic acids is 1. The lowest BCUT2D eigenvalue weighted by Crippen LogP contribution is -2.52. The van der Waals surface area contributed by atoms with Crippen LogP contribution in [0.3, 0.4) is 0 Å². The highest BCUT2D eigenvalue weighted by atomic mass is 19.4. The maximum absolute atomic E-state index is 13.2. The predicted octanol–water partition coefficient (Wildman–Crippen LogP) is 4.46. The van der Waals surface area contributed by atoms with Crippen LogP contribution >= 0.6 is 0 Å². The Balaban J connectivity index is 1.63. The molecule has 4 nitrogen and oxygen atoms in total. The molecule has 2 aliphatic heterocycles. The molecular formula is C23H26F3N3O. The minimum Gasteiger partial charge on any atom is -0.334 e. The van der Waals surface area contributed by atoms with E-state index in [0.29, 0.717) is 12.1 Å². The van der Waals surface area contributed by atoms with E-state index < -0.39 is 17.8 Å². The summed E-state index contributed by atoms with van der Waals surface area (Å²) in [6.07, 6.45) is -1.68. The molecule has 2 aliphatic rings. The van der Waals surface area contributed by atoms with E-state index in [-0.39, 0.29) is 12.1 Å². The normalized spacial score (nSPS) is 22.5. The van der Waals surface area contributed by atoms with Crippen LogP contribution < -0.4 is 5.32 Å². The maximum atomic E-state index is 13.2. The van der Waals surface area contributed by atoms with Crippen molar-refractivity contribution >= 4 is 6.03 Å². The summed E-state index contributed by atoms with van der Waals surface area (Å²) in [7, 11) is 2.04. The summed E-state index contributed by atoms with van der Waals surface area (Å²) in [6.45, 7) is 2.36. The first-order valence-electron chi connectivity index (χ1n) is 10.3. The number of rotatable bonds is 2. The van der Waals surface area contributed by atoms with Crippen molar-refractivity contribution in [3.05, 3.63) is 70.8 Å². The van der Waals surface area contributed by atoms with Crippen LogP contribution in [0, 0.1) is 0 Å². The second kappa shape index (κ2) is 8.30. The van der Waals surface area contributed by atoms with Crippen molar-refractivity contribution in [2.24, 2.45) is 0 Å². The highest BCUT2D eigenvalue weighted by Gasteiger charge is 2.35. The third kappa shape index (κ3) is 4.31. The largest absolute Gasteiger partial charge is 0.416 e. The van der Waals surface area contributed by atoms with Gasteiger partial charge in [-0.1, -0.05) is 36.4 Å². The lowest BCUT2D eigenvalue weighted by Gasteiger charge is -2.39. The van der Waals surface area contributed by atoms with Gasteiger partial charge in [0.1, 0.15) is 0 Å². The number of urea groups is 1. The molecule has 1 N–H and O–H groups in total. The summed E-state index contributed by atoms with van der Waals surface area (Å²) in [5.74, 6) is 0. The molecule has 0 aliphatic carbocycles. The topological polar surface area (TPSA) is 35.6 Å². The first-order valence-corrected chi connectivity index (χ1v) is 10.3. The number of hydrogen-bond acceptors (Lipinski definition) is 2. The minimum atomic E-state index is -4.38. The average molecular weight is 417 g/mol. The standard InChI is InChI=1S/C23H26F3N3O/c1-28-13-4-6-19(15-28)27-22(30)29-14-12-16-5-2-3-7-20(16)21(29)17-8-10-18(11-9-17)23(24,25)26/h2-3,5,7-11,19,21H,4,6,12-15H2,1H3,(H,27,30). The molecule has 160 valence electrons. The van der Waals surface area contributed by atoms with Crippen molar-refractivity contribution in [1.82, 2.24) is 15.1 Å². The number of nitrogens with one attached hydrogen (secondary N) is 1. The van der Waals surface area contributed by atoms with Gasteiger partial charge in [0.05, 0.1) is 11.6 Å². The van der Waals surface area contributed by atoms with Gasteiger partial charge < -0.3 is 15.1 Å². The predicted molar refractivity (Wildman–Crippen MR) is 109 cm³/mol. The van der Waals surface area contributed by atoms with Gasteiger partial charge in [0.2, 0.25) is 0 Å². The fraction of sp³-hybridized carbons (Fsp3) is 0.435. The molecule has 30 heavy (non-hydrogen) atoms. The van der Waals surface area contributed by atoms with E-state index >= 15 is 0 Å². The zero-order chi connectivity index (χ0) is 21.3. The Morgan fingerprint density at radius 2 is 1.80 bits per heavy atom. The number of benzene rings is 2. The van der Waals surface area contributed by atoms with Gasteiger partial charge in [-0.2, -0.15) is 13.2 Å². The molecule has 2 unspecified atom stereocenters. The van der Waals surface area contributed by atoms with Crippen LogP contribution in [-0.2, 0) is 12.6 Å². The van der Waals surface area contributed by atoms with Crippen LogP contribution in [0.2, 0.25) is 0 Å². The summed E-state index contributed by atoms with van der Waals surface area (Å²) >= 11 is 0. The number of hydrogen-bond donors (Lipinski definition) is 1. The molecule has 0 saturated carbocycles. The highest BCUT2D eigenvalue weighted by Crippen LogP contribution is 2.37. The third-order valence-corrected chi connectivity index (χ3v) is 6.05. The van der Waals surface area contributed by atoms with Crippen LogP contribution in [0.25, 0.3) is 0 Å². The summed E-state index contributed by atoms with van der Waals surface area (Å²) in [4.78, 5) is 17.2. The number of likely N-dealkylation sites (tertiary alicyclic amines) is 1. The highest BCUT2D eigenvalue weighted by molar-refractivity contribution is 5.76. The summed E-state index contributed by atoms with van der Waals surface area (Å²) < 4.78 is 39.1. The van der Waals surface area contributed by atoms with Crippen LogP contribution in [-0.4, -0.2) is 48.6 Å². The third-order valence-electron chi connectivity index (χ3n) is 6.05. The molecule has 0 aromatic heterocycles. The molecule has 4 rings (SSSR count). The number of likely N-dealkylation sites (N-methyl/N-ethyl adjacent to an activating group) is 1. The first-order chi connectivity index (χ1) is 14.3. The molecular weight excluding hydrogens is 391 g/mol. The quantitative estimate of drug-likeness (QED) is 0.783. The summed E-state index contributed by atoms with van der Waals surface area (Å²) in [6, 6.07) is 12.5. The molecule has 2 atom stereocenters. The van der Waals surface area contributed by atoms with Gasteiger partial charge in [0.25, 0.3) is 0 Å². The van der Waals surface area contributed by atoms with Crippen molar-refractivity contribution in [2.75, 3.05) is 26.7 Å². The molecule has 2 aromatic rings. The molecule has 2 amide bonds. The van der Waals surface area contributed by atoms with Crippen LogP contribution in [0.5, 0.6) is 0 Å². The van der Waals surface area contributed by atoms with E-state index in [2.05, 4.69) is 10.2 Å². The van der Waals surface area contributed by atoms with Gasteiger partial charge >= 0.3 is 12.2 Å². The zero-order valence-corrected chi connectivity index (χ0v) is 17.0. The van der Waals surface area contributed by atoms with E-state index in [1.807, 2.05) is 31.3 Å². The number of carbonyl (C=O) groups is 1. The lowest BCUT2D eigenvalue weighted by atomic mass is 9.88. The number of halogens is 3. The Morgan fingerprint density at radius 3 is 2.50 bits per heavy atom. The van der Waals surface area contributed by atoms with E-state index in [1.165, 1.54) is 12.1 Å². The fourth-order valence-corrected chi connectivity index (χ4v) is 4.54. The van der Waals surface area contributed by atoms with Crippen molar-refractivity contribution in [3.63, 3.8) is 0 Å². The summed E-state index contributed by atoms with van der Waals surface area (Å²) in [5.41, 5.74) is 2.10. The van der Waals surface area contributed by atoms with Gasteiger partial charge in [-0.25, -0.2) is 4.79 Å². The Labute approximate surface area is 174 Å². The minimum absolute atomic E-state index is 0.0849. The van der Waals surface area contributed by atoms with Gasteiger partial charge in [-0.15, -0.1) is 0 Å². The van der Waals surface area contributed by atoms with Gasteiger partial charge in [0, 0.05) is 19.1 Å². The monoisotopic (exact) mass is 417 g/mol. The molecule has 1 saturated heterocycles. The Hall–Kier alpha value is -2.54. The summed E-state index contributed by atoms with van der Waals surface area (Å²) in [5, 5.41) is 3.15. The Kier molecular flexibility index (Phi) is 5.73. The zero-order valence-electron chi connectivity index (χ0n) is 17.0. The van der Waals surface area contributed by atoms with Crippen molar-refractivity contribution in [3.8, 4) is 0 Å². The van der Waals surface area contributed by atoms with Crippen LogP contribution in [0.4, 0.5) is 18.0 Å². The second-order valence-electron chi connectivity index (χ2n) is 8.22. The smallest absolute Gasteiger partial charge is 0.334 e. The Morgan fingerprint density at radius 1 is 1.07 bits per heavy atom. The van der Waals surface area contributed by atoms with Crippen LogP contribution in [0.15, 0.2) is 48.5 Å². The molecule has 1 fully saturated rings. The van der Waals surface area contributed by atoms with E-state index in [0.717, 1.165) is 55.6 Å². The van der Waals surface area contributed by atoms with Crippen molar-refractivity contribution in [2.45, 2.75) is 37.5 Å². The van der Waals surface area contributed by atoms with E-state index in [4.69, 9.17) is 0 Å². The number of piperidine rings is 1. The molecule has 7 heteroatoms. The SMILES string of the molecule is CN1CCCC(NC(=O)N2CCc3ccccc3C2c2ccc(C(F)(F)F)cc2)C1. The Bertz CT molecular complexity index is 897. The number of alkyl halides is 3. The lowest BCUT2D eigenvalue weighted by molar-refractivity contribution is -0.137. The number of amides is 2. The average Bonchev–Trinajstić information content (AvgIpc) is 2.72. The molecule has 0 bridgehead atoms. The molecule has 2 aromatic carbocycles. The maximum Gasteiger partial charge on any atom is 0.416 e. The number of fused-ring (bicyclic) bond motifs is 1. The molecule has 0 spiro atoms. The van der Waals surface area contributed by atoms with Crippen LogP contribution in [0.1, 0.15) is 41.1 Å². The van der Waals surface area contributed by atoms with E-state index in [1.54, 1.807) is 4.90 Å². The van der Waals surface area contributed by atoms with Crippen molar-refractivity contribution in [1.29, 1.82) is 0 Å². The van der Waals surface area contributed by atoms with Crippen molar-refractivity contribution < 1.29 is 18.0 Å². The molecule has 2 heterocycles. The van der Waals surface area contributed by atoms with Gasteiger partial charge in [0.15, 0.2) is 0 Å². The number of nitrogens with zero attached hydrogens (tertiary/aromatic N) is 2. The van der Waals surface area contributed by atoms with Gasteiger partial charge in [-0.3, -0.25) is 0 Å². The second-order valence-corrected chi connectivity index (χ2v) is 8.22. The van der Waals surface area contributed by atoms with Gasteiger partial charge in [-0.05, 0) is 61.7 Å². The van der Waals surface area contributed by atoms with E-state index in [9.17, 15) is 18.0 Å². The molecule has 0 radical (unpaired) electrons.